The number of anilines is 1. The predicted molar refractivity (Wildman–Crippen MR) is 87.4 cm³/mol. The molecule has 156 valence electrons. The average Bonchev–Trinajstić information content (AvgIpc) is 3.06. The molecule has 0 saturated carbocycles. The monoisotopic (exact) mass is 443 g/mol. The summed E-state index contributed by atoms with van der Waals surface area (Å²) in [5.41, 5.74) is 4.52. The fourth-order valence-electron chi connectivity index (χ4n) is 2.67. The molecule has 28 heavy (non-hydrogen) atoms. The van der Waals surface area contributed by atoms with Crippen molar-refractivity contribution < 1.29 is 47.6 Å². The summed E-state index contributed by atoms with van der Waals surface area (Å²) in [4.78, 5) is 57.4. The lowest BCUT2D eigenvalue weighted by molar-refractivity contribution is -0.0502. The number of phosphoric acid groups is 2. The fourth-order valence-corrected chi connectivity index (χ4v) is 3.59. The van der Waals surface area contributed by atoms with Gasteiger partial charge in [0.15, 0.2) is 17.4 Å². The normalized spacial score (nSPS) is 26.2. The van der Waals surface area contributed by atoms with Crippen molar-refractivity contribution in [3.05, 3.63) is 16.7 Å². The molecule has 0 aliphatic carbocycles. The summed E-state index contributed by atoms with van der Waals surface area (Å²) in [7, 11) is -10.1. The van der Waals surface area contributed by atoms with Crippen LogP contribution in [0.25, 0.3) is 11.2 Å². The maximum Gasteiger partial charge on any atom is 0.470 e. The number of nitrogens with one attached hydrogen (secondary N) is 1. The molecule has 3 rings (SSSR count). The van der Waals surface area contributed by atoms with Crippen molar-refractivity contribution in [2.75, 3.05) is 12.3 Å². The molecule has 2 aromatic rings. The van der Waals surface area contributed by atoms with Gasteiger partial charge < -0.3 is 35.2 Å². The highest BCUT2D eigenvalue weighted by atomic mass is 31.2. The first-order chi connectivity index (χ1) is 12.9. The Morgan fingerprint density at radius 2 is 1.96 bits per heavy atom. The van der Waals surface area contributed by atoms with Crippen LogP contribution in [0.4, 0.5) is 5.95 Å². The van der Waals surface area contributed by atoms with Gasteiger partial charge in [-0.15, -0.1) is 0 Å². The summed E-state index contributed by atoms with van der Waals surface area (Å²) in [6, 6.07) is 0. The number of aromatic amines is 1. The summed E-state index contributed by atoms with van der Waals surface area (Å²) >= 11 is 0. The highest BCUT2D eigenvalue weighted by molar-refractivity contribution is 7.46. The first kappa shape index (κ1) is 21.0. The molecule has 18 heteroatoms. The molecule has 0 spiro atoms. The van der Waals surface area contributed by atoms with Crippen molar-refractivity contribution in [1.82, 2.24) is 19.5 Å². The maximum absolute atomic E-state index is 11.8. The number of aliphatic hydroxyl groups excluding tert-OH is 1. The number of nitrogen functional groups attached to an aromatic ring is 1. The van der Waals surface area contributed by atoms with Crippen LogP contribution in [0.5, 0.6) is 0 Å². The van der Waals surface area contributed by atoms with Gasteiger partial charge in [0.1, 0.15) is 18.3 Å². The minimum absolute atomic E-state index is 0.114. The van der Waals surface area contributed by atoms with Gasteiger partial charge in [0.05, 0.1) is 12.9 Å². The number of fused-ring (bicyclic) bond motifs is 1. The number of aliphatic hydroxyl groups is 1. The smallest absolute Gasteiger partial charge is 0.386 e. The van der Waals surface area contributed by atoms with Crippen LogP contribution in [0.15, 0.2) is 11.1 Å². The Labute approximate surface area is 154 Å². The zero-order valence-electron chi connectivity index (χ0n) is 13.6. The van der Waals surface area contributed by atoms with Gasteiger partial charge in [0.25, 0.3) is 5.56 Å². The highest BCUT2D eigenvalue weighted by Gasteiger charge is 2.49. The van der Waals surface area contributed by atoms with Crippen LogP contribution in [0.1, 0.15) is 6.23 Å². The van der Waals surface area contributed by atoms with E-state index >= 15 is 0 Å². The van der Waals surface area contributed by atoms with Crippen LogP contribution in [0.3, 0.4) is 0 Å². The molecule has 1 fully saturated rings. The Hall–Kier alpha value is -1.71. The number of phosphoric ester groups is 2. The number of ether oxygens (including phenoxy) is 1. The number of imidazole rings is 1. The number of hydrogen-bond donors (Lipinski definition) is 7. The van der Waals surface area contributed by atoms with Gasteiger partial charge in [-0.1, -0.05) is 0 Å². The van der Waals surface area contributed by atoms with Crippen molar-refractivity contribution in [3.8, 4) is 0 Å². The van der Waals surface area contributed by atoms with E-state index in [9.17, 15) is 19.0 Å². The van der Waals surface area contributed by atoms with Gasteiger partial charge in [-0.05, 0) is 0 Å². The van der Waals surface area contributed by atoms with Crippen LogP contribution in [0, 0.1) is 0 Å². The molecule has 0 radical (unpaired) electrons. The van der Waals surface area contributed by atoms with E-state index in [1.165, 1.54) is 0 Å². The predicted octanol–water partition coefficient (Wildman–Crippen LogP) is -2.45. The van der Waals surface area contributed by atoms with Crippen LogP contribution < -0.4 is 11.3 Å². The van der Waals surface area contributed by atoms with E-state index < -0.39 is 52.4 Å². The minimum atomic E-state index is -5.13. The van der Waals surface area contributed by atoms with Gasteiger partial charge >= 0.3 is 15.6 Å². The SMILES string of the molecule is Nc1nc2c(ncn2[C@@H]2O[C@H](COP(=O)(O)O)[C@H](OP(=O)(O)O)[C@@H]2O)c(=O)[nH]1. The van der Waals surface area contributed by atoms with Crippen LogP contribution in [-0.4, -0.2) is 69.1 Å². The fraction of sp³-hybridized carbons (Fsp3) is 0.500. The Bertz CT molecular complexity index is 1030. The molecule has 0 unspecified atom stereocenters. The molecule has 1 aliphatic rings. The third kappa shape index (κ3) is 4.47. The van der Waals surface area contributed by atoms with E-state index in [0.717, 1.165) is 10.9 Å². The first-order valence-electron chi connectivity index (χ1n) is 7.35. The van der Waals surface area contributed by atoms with E-state index in [1.807, 2.05) is 0 Å². The average molecular weight is 443 g/mol. The Morgan fingerprint density at radius 1 is 1.29 bits per heavy atom. The molecule has 8 N–H and O–H groups in total. The topological polar surface area (TPSA) is 253 Å². The van der Waals surface area contributed by atoms with Crippen LogP contribution >= 0.6 is 15.6 Å². The molecule has 16 nitrogen and oxygen atoms in total. The van der Waals surface area contributed by atoms with Crippen molar-refractivity contribution in [2.24, 2.45) is 0 Å². The third-order valence-electron chi connectivity index (χ3n) is 3.70. The largest absolute Gasteiger partial charge is 0.470 e. The molecule has 1 aliphatic heterocycles. The first-order valence-corrected chi connectivity index (χ1v) is 10.4. The lowest BCUT2D eigenvalue weighted by atomic mass is 10.1. The summed E-state index contributed by atoms with van der Waals surface area (Å²) in [6.07, 6.45) is -5.40. The second-order valence-corrected chi connectivity index (χ2v) is 8.11. The molecule has 0 bridgehead atoms. The number of H-pyrrole nitrogens is 1. The minimum Gasteiger partial charge on any atom is -0.386 e. The lowest BCUT2D eigenvalue weighted by Gasteiger charge is -2.20. The van der Waals surface area contributed by atoms with Gasteiger partial charge in [-0.3, -0.25) is 23.4 Å². The number of rotatable bonds is 6. The van der Waals surface area contributed by atoms with E-state index in [-0.39, 0.29) is 17.1 Å². The number of aromatic nitrogens is 4. The second kappa shape index (κ2) is 7.27. The molecule has 0 amide bonds. The van der Waals surface area contributed by atoms with E-state index in [0.29, 0.717) is 0 Å². The van der Waals surface area contributed by atoms with Gasteiger partial charge in [0, 0.05) is 0 Å². The van der Waals surface area contributed by atoms with Crippen molar-refractivity contribution in [2.45, 2.75) is 24.5 Å². The van der Waals surface area contributed by atoms with E-state index in [4.69, 9.17) is 30.0 Å². The quantitative estimate of drug-likeness (QED) is 0.229. The Balaban J connectivity index is 1.97. The van der Waals surface area contributed by atoms with Crippen LogP contribution in [-0.2, 0) is 22.9 Å². The summed E-state index contributed by atoms with van der Waals surface area (Å²) in [5, 5.41) is 10.4. The second-order valence-electron chi connectivity index (χ2n) is 5.68. The molecule has 2 aromatic heterocycles. The Morgan fingerprint density at radius 3 is 2.57 bits per heavy atom. The number of nitrogens with two attached hydrogens (primary N) is 1. The van der Waals surface area contributed by atoms with Crippen molar-refractivity contribution in [1.29, 1.82) is 0 Å². The highest BCUT2D eigenvalue weighted by Crippen LogP contribution is 2.45. The molecule has 3 heterocycles. The lowest BCUT2D eigenvalue weighted by Crippen LogP contribution is -2.35. The maximum atomic E-state index is 11.8. The molecule has 1 saturated heterocycles. The Kier molecular flexibility index (Phi) is 5.46. The van der Waals surface area contributed by atoms with Gasteiger partial charge in [0.2, 0.25) is 5.95 Å². The standard InChI is InChI=1S/C10H15N5O11P2/c11-10-13-7-4(8(17)14-10)12-2-15(7)9-5(16)6(26-28(21,22)23)3(25-9)1-24-27(18,19)20/h2-3,5-6,9,16H,1H2,(H2,18,19,20)(H2,21,22,23)(H3,11,13,14,17)/t3-,5+,6+,9-/m1/s1. The van der Waals surface area contributed by atoms with E-state index in [1.54, 1.807) is 0 Å². The zero-order chi connectivity index (χ0) is 20.9. The van der Waals surface area contributed by atoms with Crippen LogP contribution in [0.2, 0.25) is 0 Å². The summed E-state index contributed by atoms with van der Waals surface area (Å²) in [6.45, 7) is -0.870. The molecular formula is C10H15N5O11P2. The van der Waals surface area contributed by atoms with Gasteiger partial charge in [-0.25, -0.2) is 14.1 Å². The zero-order valence-corrected chi connectivity index (χ0v) is 15.4. The van der Waals surface area contributed by atoms with Crippen molar-refractivity contribution >= 4 is 32.8 Å². The van der Waals surface area contributed by atoms with Gasteiger partial charge in [-0.2, -0.15) is 4.98 Å². The third-order valence-corrected chi connectivity index (χ3v) is 4.70. The molecule has 0 aromatic carbocycles. The van der Waals surface area contributed by atoms with E-state index in [2.05, 4.69) is 24.0 Å². The summed E-state index contributed by atoms with van der Waals surface area (Å²) in [5.74, 6) is -0.267. The number of nitrogens with zero attached hydrogens (tertiary/aromatic N) is 3. The summed E-state index contributed by atoms with van der Waals surface area (Å²) < 4.78 is 37.3. The van der Waals surface area contributed by atoms with Crippen molar-refractivity contribution in [3.63, 3.8) is 0 Å². The molecule has 4 atom stereocenters. The molecular weight excluding hydrogens is 428 g/mol. The number of hydrogen-bond acceptors (Lipinski definition) is 10.